The van der Waals surface area contributed by atoms with Gasteiger partial charge in [0.1, 0.15) is 11.6 Å². The Bertz CT molecular complexity index is 711. The number of nitrogens with one attached hydrogen (secondary N) is 1. The molecular weight excluding hydrogens is 298 g/mol. The molecule has 0 radical (unpaired) electrons. The maximum Gasteiger partial charge on any atom is 0.213 e. The molecule has 3 N–H and O–H groups in total. The van der Waals surface area contributed by atoms with Crippen LogP contribution in [0.3, 0.4) is 0 Å². The molecule has 112 valence electrons. The first kappa shape index (κ1) is 15.4. The van der Waals surface area contributed by atoms with E-state index in [1.54, 1.807) is 24.3 Å². The van der Waals surface area contributed by atoms with Crippen molar-refractivity contribution in [3.8, 4) is 0 Å². The topological polar surface area (TPSA) is 72.2 Å². The van der Waals surface area contributed by atoms with Gasteiger partial charge in [-0.15, -0.1) is 0 Å². The molecule has 2 rings (SSSR count). The molecule has 21 heavy (non-hydrogen) atoms. The van der Waals surface area contributed by atoms with E-state index >= 15 is 0 Å². The molecule has 0 aliphatic heterocycles. The van der Waals surface area contributed by atoms with Crippen LogP contribution in [0.15, 0.2) is 42.5 Å². The van der Waals surface area contributed by atoms with Crippen LogP contribution >= 0.6 is 0 Å². The second kappa shape index (κ2) is 6.19. The molecule has 0 aromatic heterocycles. The standard InChI is InChI=1S/C14H14F2N2O2S/c15-13-2-1-3-14(16)12(13)8-18-11-6-4-10(5-7-11)9-21(17,19)20/h1-7,18H,8-9H2,(H2,17,19,20). The van der Waals surface area contributed by atoms with E-state index in [1.165, 1.54) is 18.2 Å². The fourth-order valence-corrected chi connectivity index (χ4v) is 2.50. The van der Waals surface area contributed by atoms with Gasteiger partial charge in [-0.2, -0.15) is 0 Å². The molecule has 0 saturated carbocycles. The van der Waals surface area contributed by atoms with E-state index in [4.69, 9.17) is 5.14 Å². The van der Waals surface area contributed by atoms with Crippen LogP contribution in [0, 0.1) is 11.6 Å². The minimum Gasteiger partial charge on any atom is -0.381 e. The molecule has 0 amide bonds. The molecular formula is C14H14F2N2O2S. The van der Waals surface area contributed by atoms with Crippen LogP contribution in [0.5, 0.6) is 0 Å². The van der Waals surface area contributed by atoms with Crippen LogP contribution in [0.4, 0.5) is 14.5 Å². The lowest BCUT2D eigenvalue weighted by Gasteiger charge is -2.09. The molecule has 2 aromatic carbocycles. The van der Waals surface area contributed by atoms with Gasteiger partial charge in [0.25, 0.3) is 0 Å². The fraction of sp³-hybridized carbons (Fsp3) is 0.143. The Morgan fingerprint density at radius 2 is 1.57 bits per heavy atom. The summed E-state index contributed by atoms with van der Waals surface area (Å²) in [6.07, 6.45) is 0. The van der Waals surface area contributed by atoms with Crippen molar-refractivity contribution in [2.24, 2.45) is 5.14 Å². The summed E-state index contributed by atoms with van der Waals surface area (Å²) in [6.45, 7) is -0.00690. The zero-order valence-electron chi connectivity index (χ0n) is 11.0. The summed E-state index contributed by atoms with van der Waals surface area (Å²) in [6, 6.07) is 10.1. The second-order valence-electron chi connectivity index (χ2n) is 4.56. The average molecular weight is 312 g/mol. The maximum absolute atomic E-state index is 13.4. The van der Waals surface area contributed by atoms with Crippen molar-refractivity contribution in [1.82, 2.24) is 0 Å². The molecule has 0 unspecified atom stereocenters. The van der Waals surface area contributed by atoms with Gasteiger partial charge in [0.15, 0.2) is 0 Å². The molecule has 0 aliphatic rings. The third-order valence-corrected chi connectivity index (χ3v) is 3.59. The van der Waals surface area contributed by atoms with E-state index in [1.807, 2.05) is 0 Å². The number of hydrogen-bond acceptors (Lipinski definition) is 3. The van der Waals surface area contributed by atoms with Gasteiger partial charge in [0, 0.05) is 17.8 Å². The van der Waals surface area contributed by atoms with Crippen LogP contribution in [-0.2, 0) is 22.3 Å². The molecule has 0 bridgehead atoms. The molecule has 2 aromatic rings. The van der Waals surface area contributed by atoms with Crippen molar-refractivity contribution >= 4 is 15.7 Å². The molecule has 0 heterocycles. The van der Waals surface area contributed by atoms with Gasteiger partial charge >= 0.3 is 0 Å². The van der Waals surface area contributed by atoms with Crippen molar-refractivity contribution in [3.63, 3.8) is 0 Å². The van der Waals surface area contributed by atoms with Crippen LogP contribution in [-0.4, -0.2) is 8.42 Å². The zero-order valence-corrected chi connectivity index (χ0v) is 11.8. The number of anilines is 1. The Morgan fingerprint density at radius 1 is 1.00 bits per heavy atom. The monoisotopic (exact) mass is 312 g/mol. The van der Waals surface area contributed by atoms with Crippen LogP contribution in [0.1, 0.15) is 11.1 Å². The second-order valence-corrected chi connectivity index (χ2v) is 6.17. The number of sulfonamides is 1. The van der Waals surface area contributed by atoms with Crippen molar-refractivity contribution in [2.75, 3.05) is 5.32 Å². The summed E-state index contributed by atoms with van der Waals surface area (Å²) < 4.78 is 48.8. The van der Waals surface area contributed by atoms with E-state index in [0.717, 1.165) is 0 Å². The van der Waals surface area contributed by atoms with Gasteiger partial charge in [-0.05, 0) is 29.8 Å². The highest BCUT2D eigenvalue weighted by atomic mass is 32.2. The summed E-state index contributed by atoms with van der Waals surface area (Å²) in [7, 11) is -3.58. The lowest BCUT2D eigenvalue weighted by Crippen LogP contribution is -2.14. The van der Waals surface area contributed by atoms with E-state index in [-0.39, 0.29) is 17.9 Å². The molecule has 0 spiro atoms. The number of primary sulfonamides is 1. The minimum absolute atomic E-state index is 0.00690. The van der Waals surface area contributed by atoms with Crippen LogP contribution < -0.4 is 10.5 Å². The third-order valence-electron chi connectivity index (χ3n) is 2.85. The van der Waals surface area contributed by atoms with Crippen molar-refractivity contribution in [2.45, 2.75) is 12.3 Å². The van der Waals surface area contributed by atoms with E-state index in [2.05, 4.69) is 5.32 Å². The van der Waals surface area contributed by atoms with Crippen LogP contribution in [0.25, 0.3) is 0 Å². The summed E-state index contributed by atoms with van der Waals surface area (Å²) in [5.41, 5.74) is 1.11. The highest BCUT2D eigenvalue weighted by molar-refractivity contribution is 7.88. The third kappa shape index (κ3) is 4.51. The average Bonchev–Trinajstić information content (AvgIpc) is 2.38. The van der Waals surface area contributed by atoms with Crippen molar-refractivity contribution in [3.05, 3.63) is 65.2 Å². The van der Waals surface area contributed by atoms with Gasteiger partial charge in [0.05, 0.1) is 5.75 Å². The van der Waals surface area contributed by atoms with Crippen molar-refractivity contribution < 1.29 is 17.2 Å². The van der Waals surface area contributed by atoms with Gasteiger partial charge < -0.3 is 5.32 Å². The first-order valence-electron chi connectivity index (χ1n) is 6.11. The number of benzene rings is 2. The quantitative estimate of drug-likeness (QED) is 0.890. The summed E-state index contributed by atoms with van der Waals surface area (Å²) in [5.74, 6) is -1.49. The summed E-state index contributed by atoms with van der Waals surface area (Å²) in [4.78, 5) is 0. The highest BCUT2D eigenvalue weighted by Gasteiger charge is 2.08. The predicted molar refractivity (Wildman–Crippen MR) is 76.9 cm³/mol. The SMILES string of the molecule is NS(=O)(=O)Cc1ccc(NCc2c(F)cccc2F)cc1. The smallest absolute Gasteiger partial charge is 0.213 e. The first-order valence-corrected chi connectivity index (χ1v) is 7.83. The molecule has 4 nitrogen and oxygen atoms in total. The van der Waals surface area contributed by atoms with E-state index < -0.39 is 21.7 Å². The zero-order chi connectivity index (χ0) is 15.5. The van der Waals surface area contributed by atoms with Gasteiger partial charge in [-0.3, -0.25) is 0 Å². The Kier molecular flexibility index (Phi) is 4.54. The summed E-state index contributed by atoms with van der Waals surface area (Å²) in [5, 5.41) is 7.82. The lowest BCUT2D eigenvalue weighted by atomic mass is 10.2. The van der Waals surface area contributed by atoms with Gasteiger partial charge in [-0.1, -0.05) is 18.2 Å². The number of halogens is 2. The summed E-state index contributed by atoms with van der Waals surface area (Å²) >= 11 is 0. The molecule has 0 atom stereocenters. The Morgan fingerprint density at radius 3 is 2.10 bits per heavy atom. The van der Waals surface area contributed by atoms with E-state index in [9.17, 15) is 17.2 Å². The first-order chi connectivity index (χ1) is 9.85. The van der Waals surface area contributed by atoms with Crippen LogP contribution in [0.2, 0.25) is 0 Å². The minimum atomic E-state index is -3.58. The number of rotatable bonds is 5. The molecule has 7 heteroatoms. The number of nitrogens with two attached hydrogens (primary N) is 1. The Hall–Kier alpha value is -1.99. The predicted octanol–water partition coefficient (Wildman–Crippen LogP) is 2.37. The number of hydrogen-bond donors (Lipinski definition) is 2. The molecule has 0 fully saturated rings. The Balaban J connectivity index is 2.04. The lowest BCUT2D eigenvalue weighted by molar-refractivity contribution is 0.560. The largest absolute Gasteiger partial charge is 0.381 e. The fourth-order valence-electron chi connectivity index (χ4n) is 1.84. The molecule has 0 aliphatic carbocycles. The molecule has 0 saturated heterocycles. The highest BCUT2D eigenvalue weighted by Crippen LogP contribution is 2.16. The van der Waals surface area contributed by atoms with Gasteiger partial charge in [-0.25, -0.2) is 22.3 Å². The van der Waals surface area contributed by atoms with Crippen molar-refractivity contribution in [1.29, 1.82) is 0 Å². The normalized spacial score (nSPS) is 11.4. The van der Waals surface area contributed by atoms with Gasteiger partial charge in [0.2, 0.25) is 10.0 Å². The Labute approximate surface area is 121 Å². The van der Waals surface area contributed by atoms with E-state index in [0.29, 0.717) is 11.3 Å². The maximum atomic E-state index is 13.4.